The van der Waals surface area contributed by atoms with E-state index in [1.54, 1.807) is 0 Å². The zero-order chi connectivity index (χ0) is 13.9. The first-order valence-corrected chi connectivity index (χ1v) is 7.14. The fourth-order valence-corrected chi connectivity index (χ4v) is 2.62. The van der Waals surface area contributed by atoms with E-state index in [2.05, 4.69) is 0 Å². The molecule has 0 unspecified atom stereocenters. The molecule has 0 aromatic heterocycles. The number of carbonyl (C=O) groups is 1. The fraction of sp³-hybridized carbons (Fsp3) is 0.562. The average Bonchev–Trinajstić information content (AvgIpc) is 2.36. The van der Waals surface area contributed by atoms with Crippen molar-refractivity contribution in [2.45, 2.75) is 44.6 Å². The molecule has 0 atom stereocenters. The smallest absolute Gasteiger partial charge is 0.232 e. The molecule has 0 spiro atoms. The van der Waals surface area contributed by atoms with Crippen molar-refractivity contribution < 1.29 is 4.79 Å². The Hall–Kier alpha value is -1.35. The maximum absolute atomic E-state index is 12.9. The Morgan fingerprint density at radius 1 is 1.32 bits per heavy atom. The summed E-state index contributed by atoms with van der Waals surface area (Å²) >= 11 is 0. The SMILES string of the molecule is CC(C)(C(=O)N(CCN)C1CCC1)c1ccccc1. The van der Waals surface area contributed by atoms with Crippen molar-refractivity contribution in [3.05, 3.63) is 35.9 Å². The predicted molar refractivity (Wildman–Crippen MR) is 77.9 cm³/mol. The van der Waals surface area contributed by atoms with Crippen molar-refractivity contribution >= 4 is 5.91 Å². The van der Waals surface area contributed by atoms with Gasteiger partial charge in [-0.1, -0.05) is 30.3 Å². The van der Waals surface area contributed by atoms with E-state index >= 15 is 0 Å². The van der Waals surface area contributed by atoms with Crippen LogP contribution in [0.5, 0.6) is 0 Å². The Morgan fingerprint density at radius 3 is 2.42 bits per heavy atom. The van der Waals surface area contributed by atoms with Gasteiger partial charge in [-0.05, 0) is 38.7 Å². The number of nitrogens with two attached hydrogens (primary N) is 1. The van der Waals surface area contributed by atoms with Gasteiger partial charge in [0, 0.05) is 19.1 Å². The van der Waals surface area contributed by atoms with Gasteiger partial charge in [0.25, 0.3) is 0 Å². The van der Waals surface area contributed by atoms with E-state index < -0.39 is 5.41 Å². The monoisotopic (exact) mass is 260 g/mol. The van der Waals surface area contributed by atoms with E-state index in [1.807, 2.05) is 49.1 Å². The first-order chi connectivity index (χ1) is 9.07. The summed E-state index contributed by atoms with van der Waals surface area (Å²) in [5.41, 5.74) is 6.26. The van der Waals surface area contributed by atoms with Crippen LogP contribution in [0.25, 0.3) is 0 Å². The zero-order valence-electron chi connectivity index (χ0n) is 11.9. The van der Waals surface area contributed by atoms with Gasteiger partial charge >= 0.3 is 0 Å². The molecule has 0 radical (unpaired) electrons. The van der Waals surface area contributed by atoms with Crippen LogP contribution in [0.3, 0.4) is 0 Å². The highest BCUT2D eigenvalue weighted by molar-refractivity contribution is 5.87. The minimum atomic E-state index is -0.480. The molecule has 104 valence electrons. The maximum Gasteiger partial charge on any atom is 0.232 e. The van der Waals surface area contributed by atoms with Gasteiger partial charge in [-0.25, -0.2) is 0 Å². The standard InChI is InChI=1S/C16H24N2O/c1-16(2,13-7-4-3-5-8-13)15(19)18(12-11-17)14-9-6-10-14/h3-5,7-8,14H,6,9-12,17H2,1-2H3. The Balaban J connectivity index is 2.20. The van der Waals surface area contributed by atoms with Gasteiger partial charge in [0.15, 0.2) is 0 Å². The summed E-state index contributed by atoms with van der Waals surface area (Å²) < 4.78 is 0. The Labute approximate surface area is 115 Å². The molecule has 3 nitrogen and oxygen atoms in total. The number of benzene rings is 1. The van der Waals surface area contributed by atoms with Crippen molar-refractivity contribution in [1.82, 2.24) is 4.90 Å². The third-order valence-corrected chi connectivity index (χ3v) is 4.18. The van der Waals surface area contributed by atoms with Gasteiger partial charge < -0.3 is 10.6 Å². The lowest BCUT2D eigenvalue weighted by Crippen LogP contribution is -2.52. The van der Waals surface area contributed by atoms with Crippen LogP contribution in [-0.2, 0) is 10.2 Å². The topological polar surface area (TPSA) is 46.3 Å². The molecule has 2 rings (SSSR count). The first kappa shape index (κ1) is 14.1. The van der Waals surface area contributed by atoms with Gasteiger partial charge in [-0.2, -0.15) is 0 Å². The lowest BCUT2D eigenvalue weighted by Gasteiger charge is -2.41. The van der Waals surface area contributed by atoms with E-state index in [0.29, 0.717) is 19.1 Å². The van der Waals surface area contributed by atoms with Crippen LogP contribution in [0.15, 0.2) is 30.3 Å². The van der Waals surface area contributed by atoms with E-state index in [9.17, 15) is 4.79 Å². The van der Waals surface area contributed by atoms with Crippen LogP contribution < -0.4 is 5.73 Å². The van der Waals surface area contributed by atoms with Crippen LogP contribution in [0.2, 0.25) is 0 Å². The molecule has 0 aliphatic heterocycles. The molecule has 0 heterocycles. The molecular weight excluding hydrogens is 236 g/mol. The molecule has 19 heavy (non-hydrogen) atoms. The number of hydrogen-bond acceptors (Lipinski definition) is 2. The summed E-state index contributed by atoms with van der Waals surface area (Å²) in [6.45, 7) is 5.21. The van der Waals surface area contributed by atoms with Gasteiger partial charge in [-0.3, -0.25) is 4.79 Å². The molecule has 1 aliphatic rings. The summed E-state index contributed by atoms with van der Waals surface area (Å²) in [4.78, 5) is 14.9. The second-order valence-electron chi connectivity index (χ2n) is 5.86. The van der Waals surface area contributed by atoms with Gasteiger partial charge in [0.2, 0.25) is 5.91 Å². The molecule has 1 amide bonds. The van der Waals surface area contributed by atoms with Gasteiger partial charge in [0.05, 0.1) is 5.41 Å². The Kier molecular flexibility index (Phi) is 4.25. The molecule has 1 aromatic carbocycles. The van der Waals surface area contributed by atoms with Crippen LogP contribution in [-0.4, -0.2) is 29.9 Å². The average molecular weight is 260 g/mol. The number of hydrogen-bond donors (Lipinski definition) is 1. The first-order valence-electron chi connectivity index (χ1n) is 7.14. The van der Waals surface area contributed by atoms with Crippen molar-refractivity contribution in [1.29, 1.82) is 0 Å². The van der Waals surface area contributed by atoms with E-state index in [1.165, 1.54) is 6.42 Å². The normalized spacial score (nSPS) is 15.9. The molecule has 0 bridgehead atoms. The van der Waals surface area contributed by atoms with Crippen molar-refractivity contribution in [2.24, 2.45) is 5.73 Å². The van der Waals surface area contributed by atoms with Crippen LogP contribution in [0.4, 0.5) is 0 Å². The maximum atomic E-state index is 12.9. The van der Waals surface area contributed by atoms with E-state index in [-0.39, 0.29) is 5.91 Å². The van der Waals surface area contributed by atoms with E-state index in [4.69, 9.17) is 5.73 Å². The molecule has 1 fully saturated rings. The minimum Gasteiger partial charge on any atom is -0.338 e. The molecule has 1 aromatic rings. The lowest BCUT2D eigenvalue weighted by atomic mass is 9.81. The Morgan fingerprint density at radius 2 is 1.95 bits per heavy atom. The summed E-state index contributed by atoms with van der Waals surface area (Å²) in [5, 5.41) is 0. The largest absolute Gasteiger partial charge is 0.338 e. The fourth-order valence-electron chi connectivity index (χ4n) is 2.62. The molecule has 3 heteroatoms. The highest BCUT2D eigenvalue weighted by Gasteiger charge is 2.37. The third kappa shape index (κ3) is 2.81. The van der Waals surface area contributed by atoms with Crippen molar-refractivity contribution in [3.63, 3.8) is 0 Å². The molecule has 0 saturated heterocycles. The number of nitrogens with zero attached hydrogens (tertiary/aromatic N) is 1. The summed E-state index contributed by atoms with van der Waals surface area (Å²) in [6, 6.07) is 10.4. The number of rotatable bonds is 5. The zero-order valence-corrected chi connectivity index (χ0v) is 11.9. The lowest BCUT2D eigenvalue weighted by molar-refractivity contribution is -0.140. The number of amides is 1. The summed E-state index contributed by atoms with van der Waals surface area (Å²) in [7, 11) is 0. The highest BCUT2D eigenvalue weighted by Crippen LogP contribution is 2.31. The molecule has 1 aliphatic carbocycles. The second-order valence-corrected chi connectivity index (χ2v) is 5.86. The van der Waals surface area contributed by atoms with Crippen molar-refractivity contribution in [3.8, 4) is 0 Å². The number of carbonyl (C=O) groups excluding carboxylic acids is 1. The quantitative estimate of drug-likeness (QED) is 0.883. The van der Waals surface area contributed by atoms with Crippen molar-refractivity contribution in [2.75, 3.05) is 13.1 Å². The van der Waals surface area contributed by atoms with Crippen LogP contribution >= 0.6 is 0 Å². The summed E-state index contributed by atoms with van der Waals surface area (Å²) in [5.74, 6) is 0.203. The van der Waals surface area contributed by atoms with Crippen LogP contribution in [0.1, 0.15) is 38.7 Å². The van der Waals surface area contributed by atoms with Gasteiger partial charge in [-0.15, -0.1) is 0 Å². The molecule has 1 saturated carbocycles. The molecular formula is C16H24N2O. The van der Waals surface area contributed by atoms with E-state index in [0.717, 1.165) is 18.4 Å². The second kappa shape index (κ2) is 5.74. The molecule has 2 N–H and O–H groups in total. The summed E-state index contributed by atoms with van der Waals surface area (Å²) in [6.07, 6.45) is 3.47. The minimum absolute atomic E-state index is 0.203. The third-order valence-electron chi connectivity index (χ3n) is 4.18. The van der Waals surface area contributed by atoms with Gasteiger partial charge in [0.1, 0.15) is 0 Å². The van der Waals surface area contributed by atoms with Crippen LogP contribution in [0, 0.1) is 0 Å². The Bertz CT molecular complexity index is 424. The predicted octanol–water partition coefficient (Wildman–Crippen LogP) is 2.30. The highest BCUT2D eigenvalue weighted by atomic mass is 16.2.